The molecule has 2 aromatic heterocycles. The van der Waals surface area contributed by atoms with Gasteiger partial charge in [-0.25, -0.2) is 0 Å². The van der Waals surface area contributed by atoms with Gasteiger partial charge >= 0.3 is 0 Å². The number of aromatic nitrogens is 3. The normalized spacial score (nSPS) is 10.7. The third-order valence-electron chi connectivity index (χ3n) is 4.56. The van der Waals surface area contributed by atoms with Gasteiger partial charge in [-0.15, -0.1) is 21.5 Å². The Labute approximate surface area is 194 Å². The third kappa shape index (κ3) is 6.24. The molecule has 0 unspecified atom stereocenters. The van der Waals surface area contributed by atoms with Crippen LogP contribution in [0.15, 0.2) is 40.9 Å². The number of nitrogens with zero attached hydrogens (tertiary/aromatic N) is 3. The highest BCUT2D eigenvalue weighted by Gasteiger charge is 2.17. The summed E-state index contributed by atoms with van der Waals surface area (Å²) in [5.74, 6) is 1.66. The van der Waals surface area contributed by atoms with Crippen LogP contribution in [0.5, 0.6) is 11.5 Å². The van der Waals surface area contributed by atoms with Gasteiger partial charge in [0.15, 0.2) is 22.5 Å². The number of rotatable bonds is 12. The molecule has 2 amide bonds. The van der Waals surface area contributed by atoms with Gasteiger partial charge in [0.05, 0.1) is 24.8 Å². The van der Waals surface area contributed by atoms with Crippen LogP contribution < -0.4 is 20.5 Å². The molecular formula is C21H25N5O4S2. The van der Waals surface area contributed by atoms with Crippen molar-refractivity contribution in [3.63, 3.8) is 0 Å². The molecule has 0 aliphatic heterocycles. The van der Waals surface area contributed by atoms with E-state index in [1.807, 2.05) is 40.3 Å². The smallest absolute Gasteiger partial charge is 0.230 e. The van der Waals surface area contributed by atoms with Crippen molar-refractivity contribution >= 4 is 34.9 Å². The molecule has 0 aliphatic rings. The van der Waals surface area contributed by atoms with E-state index >= 15 is 0 Å². The number of nitrogens with one attached hydrogen (secondary N) is 1. The number of carbonyl (C=O) groups is 2. The fraction of sp³-hybridized carbons (Fsp3) is 0.333. The van der Waals surface area contributed by atoms with Gasteiger partial charge in [0.2, 0.25) is 11.8 Å². The Morgan fingerprint density at radius 2 is 2.00 bits per heavy atom. The van der Waals surface area contributed by atoms with E-state index in [0.29, 0.717) is 42.0 Å². The van der Waals surface area contributed by atoms with Crippen LogP contribution >= 0.6 is 23.1 Å². The van der Waals surface area contributed by atoms with Crippen LogP contribution in [0.25, 0.3) is 10.7 Å². The SMILES string of the molecule is COc1ccc(CCNC(=O)CSc2nnc(-c3cccs3)n2CCC(N)=O)cc1OC. The van der Waals surface area contributed by atoms with Crippen molar-refractivity contribution in [1.29, 1.82) is 0 Å². The number of amides is 2. The standard InChI is InChI=1S/C21H25N5O4S2/c1-29-15-6-5-14(12-16(15)30-2)7-9-23-19(28)13-32-21-25-24-20(17-4-3-11-31-17)26(21)10-8-18(22)27/h3-6,11-12H,7-10,13H2,1-2H3,(H2,22,27)(H,23,28). The van der Waals surface area contributed by atoms with E-state index in [0.717, 1.165) is 10.4 Å². The first kappa shape index (κ1) is 23.6. The molecule has 3 N–H and O–H groups in total. The molecule has 3 rings (SSSR count). The summed E-state index contributed by atoms with van der Waals surface area (Å²) in [4.78, 5) is 24.5. The van der Waals surface area contributed by atoms with Gasteiger partial charge in [-0.1, -0.05) is 23.9 Å². The fourth-order valence-corrected chi connectivity index (χ4v) is 4.48. The van der Waals surface area contributed by atoms with Crippen molar-refractivity contribution < 1.29 is 19.1 Å². The second-order valence-electron chi connectivity index (χ2n) is 6.73. The van der Waals surface area contributed by atoms with Gasteiger partial charge in [-0.3, -0.25) is 9.59 Å². The van der Waals surface area contributed by atoms with Crippen molar-refractivity contribution in [2.45, 2.75) is 24.5 Å². The van der Waals surface area contributed by atoms with E-state index in [-0.39, 0.29) is 18.1 Å². The number of hydrogen-bond acceptors (Lipinski definition) is 8. The fourth-order valence-electron chi connectivity index (χ4n) is 2.97. The molecule has 0 fully saturated rings. The minimum atomic E-state index is -0.403. The number of carbonyl (C=O) groups excluding carboxylic acids is 2. The van der Waals surface area contributed by atoms with Crippen LogP contribution in [-0.2, 0) is 22.6 Å². The highest BCUT2D eigenvalue weighted by Crippen LogP contribution is 2.28. The summed E-state index contributed by atoms with van der Waals surface area (Å²) in [6, 6.07) is 9.54. The van der Waals surface area contributed by atoms with Gasteiger partial charge in [-0.2, -0.15) is 0 Å². The monoisotopic (exact) mass is 475 g/mol. The second-order valence-corrected chi connectivity index (χ2v) is 8.62. The minimum Gasteiger partial charge on any atom is -0.493 e. The highest BCUT2D eigenvalue weighted by atomic mass is 32.2. The number of hydrogen-bond donors (Lipinski definition) is 2. The predicted octanol–water partition coefficient (Wildman–Crippen LogP) is 2.35. The molecule has 1 aromatic carbocycles. The van der Waals surface area contributed by atoms with E-state index in [9.17, 15) is 9.59 Å². The van der Waals surface area contributed by atoms with Gasteiger partial charge in [0.25, 0.3) is 0 Å². The average Bonchev–Trinajstić information content (AvgIpc) is 3.45. The number of methoxy groups -OCH3 is 2. The summed E-state index contributed by atoms with van der Waals surface area (Å²) in [6.45, 7) is 0.850. The van der Waals surface area contributed by atoms with Crippen LogP contribution in [0.2, 0.25) is 0 Å². The molecule has 32 heavy (non-hydrogen) atoms. The first-order chi connectivity index (χ1) is 15.5. The molecule has 170 valence electrons. The number of primary amides is 1. The molecule has 0 saturated heterocycles. The van der Waals surface area contributed by atoms with E-state index in [2.05, 4.69) is 15.5 Å². The van der Waals surface area contributed by atoms with Crippen LogP contribution in [0.1, 0.15) is 12.0 Å². The predicted molar refractivity (Wildman–Crippen MR) is 124 cm³/mol. The maximum absolute atomic E-state index is 12.3. The Hall–Kier alpha value is -3.05. The zero-order chi connectivity index (χ0) is 22.9. The largest absolute Gasteiger partial charge is 0.493 e. The summed E-state index contributed by atoms with van der Waals surface area (Å²) in [5.41, 5.74) is 6.34. The van der Waals surface area contributed by atoms with Crippen LogP contribution in [0.4, 0.5) is 0 Å². The zero-order valence-corrected chi connectivity index (χ0v) is 19.5. The molecule has 0 bridgehead atoms. The van der Waals surface area contributed by atoms with Gasteiger partial charge in [0, 0.05) is 19.5 Å². The van der Waals surface area contributed by atoms with E-state index < -0.39 is 5.91 Å². The Morgan fingerprint density at radius 3 is 2.69 bits per heavy atom. The molecule has 0 radical (unpaired) electrons. The third-order valence-corrected chi connectivity index (χ3v) is 6.39. The molecule has 0 spiro atoms. The number of ether oxygens (including phenoxy) is 2. The molecule has 0 aliphatic carbocycles. The molecular weight excluding hydrogens is 450 g/mol. The quantitative estimate of drug-likeness (QED) is 0.386. The maximum Gasteiger partial charge on any atom is 0.230 e. The van der Waals surface area contributed by atoms with Crippen molar-refractivity contribution in [2.75, 3.05) is 26.5 Å². The Bertz CT molecular complexity index is 1050. The van der Waals surface area contributed by atoms with Crippen molar-refractivity contribution in [1.82, 2.24) is 20.1 Å². The Morgan fingerprint density at radius 1 is 1.19 bits per heavy atom. The number of benzene rings is 1. The second kappa shape index (κ2) is 11.5. The first-order valence-corrected chi connectivity index (χ1v) is 11.7. The average molecular weight is 476 g/mol. The molecule has 0 atom stereocenters. The maximum atomic E-state index is 12.3. The van der Waals surface area contributed by atoms with E-state index in [1.54, 1.807) is 14.2 Å². The Kier molecular flexibility index (Phi) is 8.51. The molecule has 3 aromatic rings. The molecule has 9 nitrogen and oxygen atoms in total. The van der Waals surface area contributed by atoms with Crippen molar-refractivity contribution in [2.24, 2.45) is 5.73 Å². The van der Waals surface area contributed by atoms with Gasteiger partial charge in [-0.05, 0) is 35.6 Å². The lowest BCUT2D eigenvalue weighted by molar-refractivity contribution is -0.119. The first-order valence-electron chi connectivity index (χ1n) is 9.87. The number of thioether (sulfide) groups is 1. The lowest BCUT2D eigenvalue weighted by Gasteiger charge is -2.10. The lowest BCUT2D eigenvalue weighted by atomic mass is 10.1. The van der Waals surface area contributed by atoms with Crippen molar-refractivity contribution in [3.8, 4) is 22.2 Å². The summed E-state index contributed by atoms with van der Waals surface area (Å²) in [7, 11) is 3.18. The van der Waals surface area contributed by atoms with Crippen LogP contribution in [0.3, 0.4) is 0 Å². The molecule has 0 saturated carbocycles. The van der Waals surface area contributed by atoms with E-state index in [4.69, 9.17) is 15.2 Å². The summed E-state index contributed by atoms with van der Waals surface area (Å²) in [6.07, 6.45) is 0.829. The highest BCUT2D eigenvalue weighted by molar-refractivity contribution is 7.99. The summed E-state index contributed by atoms with van der Waals surface area (Å²) >= 11 is 2.81. The van der Waals surface area contributed by atoms with Crippen LogP contribution in [0, 0.1) is 0 Å². The summed E-state index contributed by atoms with van der Waals surface area (Å²) < 4.78 is 12.4. The van der Waals surface area contributed by atoms with Gasteiger partial charge < -0.3 is 25.1 Å². The zero-order valence-electron chi connectivity index (χ0n) is 17.9. The number of nitrogens with two attached hydrogens (primary N) is 1. The molecule has 2 heterocycles. The van der Waals surface area contributed by atoms with Gasteiger partial charge in [0.1, 0.15) is 0 Å². The van der Waals surface area contributed by atoms with E-state index in [1.165, 1.54) is 23.1 Å². The molecule has 11 heteroatoms. The summed E-state index contributed by atoms with van der Waals surface area (Å²) in [5, 5.41) is 13.9. The van der Waals surface area contributed by atoms with Crippen LogP contribution in [-0.4, -0.2) is 53.1 Å². The Balaban J connectivity index is 1.55. The van der Waals surface area contributed by atoms with Crippen molar-refractivity contribution in [3.05, 3.63) is 41.3 Å². The lowest BCUT2D eigenvalue weighted by Crippen LogP contribution is -2.27. The number of thiophene rings is 1. The minimum absolute atomic E-state index is 0.113. The topological polar surface area (TPSA) is 121 Å².